The van der Waals surface area contributed by atoms with Crippen LogP contribution in [0.2, 0.25) is 0 Å². The summed E-state index contributed by atoms with van der Waals surface area (Å²) < 4.78 is 29.7. The zero-order chi connectivity index (χ0) is 25.7. The zero-order valence-electron chi connectivity index (χ0n) is 21.2. The van der Waals surface area contributed by atoms with E-state index in [9.17, 15) is 14.4 Å². The molecule has 1 aromatic heterocycles. The van der Waals surface area contributed by atoms with Gasteiger partial charge in [0, 0.05) is 29.9 Å². The summed E-state index contributed by atoms with van der Waals surface area (Å²) in [6.45, 7) is 9.41. The number of hydrogen-bond acceptors (Lipinski definition) is 8. The predicted molar refractivity (Wildman–Crippen MR) is 125 cm³/mol. The van der Waals surface area contributed by atoms with E-state index in [0.29, 0.717) is 19.3 Å². The number of cyclic esters (lactones) is 2. The summed E-state index contributed by atoms with van der Waals surface area (Å²) in [6.07, 6.45) is 8.60. The minimum Gasteiger partial charge on any atom is -0.472 e. The maximum Gasteiger partial charge on any atom is 0.339 e. The Bertz CT molecular complexity index is 1190. The van der Waals surface area contributed by atoms with Crippen molar-refractivity contribution in [1.29, 1.82) is 0 Å². The third-order valence-electron chi connectivity index (χ3n) is 9.66. The van der Waals surface area contributed by atoms with Gasteiger partial charge in [0.25, 0.3) is 0 Å². The fourth-order valence-electron chi connectivity index (χ4n) is 8.07. The van der Waals surface area contributed by atoms with E-state index in [1.807, 2.05) is 26.0 Å². The molecule has 8 atom stereocenters. The van der Waals surface area contributed by atoms with Gasteiger partial charge in [-0.05, 0) is 52.0 Å². The van der Waals surface area contributed by atoms with Crippen LogP contribution in [0.15, 0.2) is 46.8 Å². The molecule has 0 bridgehead atoms. The first-order valence-corrected chi connectivity index (χ1v) is 12.6. The first kappa shape index (κ1) is 23.5. The number of furan rings is 1. The van der Waals surface area contributed by atoms with Crippen LogP contribution in [0.3, 0.4) is 0 Å². The standard InChI is InChI=1S/C28H32O8/c1-15(29)33-20-13-19-17(7-6-8-21(30)35-25(19,2)3)18-9-11-26(4)22(16-10-12-32-14-16)34-24(31)23-28(26,36-23)27(18,20)5/h6,8-10,12,14,17,19-20,22-23H,7,11,13H2,1-5H3/b8-6-/t17-,19+,20-,22+,23-,26+,27+,28-/m1/s1. The fourth-order valence-corrected chi connectivity index (χ4v) is 8.07. The molecule has 3 aliphatic heterocycles. The highest BCUT2D eigenvalue weighted by atomic mass is 16.7. The van der Waals surface area contributed by atoms with Crippen molar-refractivity contribution in [3.63, 3.8) is 0 Å². The Morgan fingerprint density at radius 2 is 1.92 bits per heavy atom. The Balaban J connectivity index is 1.55. The van der Waals surface area contributed by atoms with Crippen LogP contribution >= 0.6 is 0 Å². The molecule has 0 radical (unpaired) electrons. The van der Waals surface area contributed by atoms with Gasteiger partial charge in [0.05, 0.1) is 17.9 Å². The molecule has 0 unspecified atom stereocenters. The molecule has 4 heterocycles. The summed E-state index contributed by atoms with van der Waals surface area (Å²) in [4.78, 5) is 38.0. The van der Waals surface area contributed by atoms with Crippen molar-refractivity contribution in [3.05, 3.63) is 48.0 Å². The van der Waals surface area contributed by atoms with Gasteiger partial charge in [-0.3, -0.25) is 4.79 Å². The molecule has 1 saturated carbocycles. The quantitative estimate of drug-likeness (QED) is 0.260. The van der Waals surface area contributed by atoms with Crippen molar-refractivity contribution in [2.45, 2.75) is 83.4 Å². The lowest BCUT2D eigenvalue weighted by Gasteiger charge is -2.61. The van der Waals surface area contributed by atoms with Gasteiger partial charge < -0.3 is 23.4 Å². The van der Waals surface area contributed by atoms with E-state index in [1.165, 1.54) is 13.0 Å². The Morgan fingerprint density at radius 3 is 2.61 bits per heavy atom. The lowest BCUT2D eigenvalue weighted by molar-refractivity contribution is -0.198. The molecule has 0 amide bonds. The number of ether oxygens (including phenoxy) is 4. The summed E-state index contributed by atoms with van der Waals surface area (Å²) in [5.41, 5.74) is -1.22. The molecule has 192 valence electrons. The molecule has 5 aliphatic rings. The largest absolute Gasteiger partial charge is 0.472 e. The number of fused-ring (bicyclic) bond motifs is 3. The fraction of sp³-hybridized carbons (Fsp3) is 0.607. The average Bonchev–Trinajstić information content (AvgIpc) is 3.36. The molecule has 8 heteroatoms. The van der Waals surface area contributed by atoms with E-state index < -0.39 is 52.3 Å². The summed E-state index contributed by atoms with van der Waals surface area (Å²) in [7, 11) is 0. The third-order valence-corrected chi connectivity index (χ3v) is 9.66. The van der Waals surface area contributed by atoms with Crippen LogP contribution in [0, 0.1) is 22.7 Å². The maximum atomic E-state index is 13.2. The van der Waals surface area contributed by atoms with E-state index in [4.69, 9.17) is 23.4 Å². The van der Waals surface area contributed by atoms with Crippen molar-refractivity contribution < 1.29 is 37.7 Å². The van der Waals surface area contributed by atoms with Gasteiger partial charge in [0.1, 0.15) is 23.4 Å². The van der Waals surface area contributed by atoms with Crippen molar-refractivity contribution >= 4 is 17.9 Å². The Labute approximate surface area is 210 Å². The lowest BCUT2D eigenvalue weighted by atomic mass is 9.43. The van der Waals surface area contributed by atoms with Crippen LogP contribution < -0.4 is 0 Å². The summed E-state index contributed by atoms with van der Waals surface area (Å²) in [6, 6.07) is 1.82. The summed E-state index contributed by atoms with van der Waals surface area (Å²) in [5, 5.41) is 0. The van der Waals surface area contributed by atoms with Crippen LogP contribution in [0.4, 0.5) is 0 Å². The van der Waals surface area contributed by atoms with Gasteiger partial charge in [-0.15, -0.1) is 0 Å². The number of rotatable bonds is 2. The summed E-state index contributed by atoms with van der Waals surface area (Å²) >= 11 is 0. The molecular weight excluding hydrogens is 464 g/mol. The number of hydrogen-bond donors (Lipinski definition) is 0. The molecule has 8 nitrogen and oxygen atoms in total. The SMILES string of the molecule is CC(=O)O[C@@H]1C[C@H]2[C@H](C/C=C\C(=O)OC2(C)C)C2=CC[C@@]3(C)[C@H](c4ccoc4)OC(=O)[C@H]4O[C@]43[C@@]21C. The van der Waals surface area contributed by atoms with Gasteiger partial charge in [-0.1, -0.05) is 24.6 Å². The molecule has 36 heavy (non-hydrogen) atoms. The van der Waals surface area contributed by atoms with Crippen LogP contribution in [-0.2, 0) is 33.3 Å². The van der Waals surface area contributed by atoms with Gasteiger partial charge in [-0.2, -0.15) is 0 Å². The predicted octanol–water partition coefficient (Wildman–Crippen LogP) is 4.21. The third kappa shape index (κ3) is 2.82. The monoisotopic (exact) mass is 496 g/mol. The van der Waals surface area contributed by atoms with Crippen LogP contribution in [0.5, 0.6) is 0 Å². The highest BCUT2D eigenvalue weighted by Gasteiger charge is 2.86. The summed E-state index contributed by atoms with van der Waals surface area (Å²) in [5.74, 6) is -1.24. The van der Waals surface area contributed by atoms with Gasteiger partial charge in [-0.25, -0.2) is 9.59 Å². The van der Waals surface area contributed by atoms with E-state index >= 15 is 0 Å². The minimum atomic E-state index is -0.917. The Kier molecular flexibility index (Phi) is 4.80. The van der Waals surface area contributed by atoms with Crippen molar-refractivity contribution in [2.75, 3.05) is 0 Å². The van der Waals surface area contributed by atoms with Crippen molar-refractivity contribution in [2.24, 2.45) is 22.7 Å². The van der Waals surface area contributed by atoms with E-state index in [1.54, 1.807) is 12.5 Å². The number of esters is 3. The molecule has 1 aromatic rings. The second kappa shape index (κ2) is 7.34. The Morgan fingerprint density at radius 1 is 1.14 bits per heavy atom. The molecule has 6 rings (SSSR count). The number of allylic oxidation sites excluding steroid dienone is 2. The molecule has 2 aliphatic carbocycles. The van der Waals surface area contributed by atoms with E-state index in [2.05, 4.69) is 19.9 Å². The molecule has 0 aromatic carbocycles. The Hall–Kier alpha value is -2.87. The normalized spacial score (nSPS) is 45.1. The van der Waals surface area contributed by atoms with E-state index in [0.717, 1.165) is 11.1 Å². The van der Waals surface area contributed by atoms with Gasteiger partial charge in [0.2, 0.25) is 0 Å². The zero-order valence-corrected chi connectivity index (χ0v) is 21.2. The van der Waals surface area contributed by atoms with Crippen molar-refractivity contribution in [1.82, 2.24) is 0 Å². The highest BCUT2D eigenvalue weighted by molar-refractivity contribution is 5.83. The van der Waals surface area contributed by atoms with Crippen molar-refractivity contribution in [3.8, 4) is 0 Å². The molecule has 2 saturated heterocycles. The second-order valence-corrected chi connectivity index (χ2v) is 11.8. The minimum absolute atomic E-state index is 0.0234. The highest BCUT2D eigenvalue weighted by Crippen LogP contribution is 2.76. The van der Waals surface area contributed by atoms with E-state index in [-0.39, 0.29) is 17.8 Å². The topological polar surface area (TPSA) is 105 Å². The number of epoxide rings is 1. The molecular formula is C28H32O8. The van der Waals surface area contributed by atoms with Gasteiger partial charge >= 0.3 is 17.9 Å². The molecule has 1 spiro atoms. The smallest absolute Gasteiger partial charge is 0.339 e. The van der Waals surface area contributed by atoms with Crippen LogP contribution in [0.1, 0.15) is 65.5 Å². The number of carbonyl (C=O) groups is 3. The average molecular weight is 497 g/mol. The molecule has 0 N–H and O–H groups in total. The second-order valence-electron chi connectivity index (χ2n) is 11.8. The van der Waals surface area contributed by atoms with Crippen LogP contribution in [0.25, 0.3) is 0 Å². The van der Waals surface area contributed by atoms with Crippen LogP contribution in [-0.4, -0.2) is 41.3 Å². The van der Waals surface area contributed by atoms with Gasteiger partial charge in [0.15, 0.2) is 6.10 Å². The number of carbonyl (C=O) groups excluding carboxylic acids is 3. The maximum absolute atomic E-state index is 13.2. The first-order valence-electron chi connectivity index (χ1n) is 12.6. The molecule has 3 fully saturated rings. The first-order chi connectivity index (χ1) is 17.0. The lowest BCUT2D eigenvalue weighted by Crippen LogP contribution is -2.67.